The Hall–Kier alpha value is -3.11. The summed E-state index contributed by atoms with van der Waals surface area (Å²) in [7, 11) is 0. The first kappa shape index (κ1) is 21.7. The minimum Gasteiger partial charge on any atom is -0.486 e. The van der Waals surface area contributed by atoms with E-state index in [0.29, 0.717) is 5.92 Å². The average Bonchev–Trinajstić information content (AvgIpc) is 2.79. The standard InChI is InChI=1S/C29H30O4/c1-17-13-23(20-11-8-12-21(15-20)28(30)31)26-24(14-17)27-25(29(3,4)33-26)16-22(18(2)32-27)19-9-6-5-7-10-19/h5-15,18,22,25,27H,16H2,1-4H3,(H,30,31)/t18-,22+,25-,27?/m0/s1. The van der Waals surface area contributed by atoms with Crippen molar-refractivity contribution in [2.45, 2.75) is 57.8 Å². The minimum absolute atomic E-state index is 0.0694. The number of rotatable bonds is 3. The molecule has 0 spiro atoms. The zero-order chi connectivity index (χ0) is 23.3. The highest BCUT2D eigenvalue weighted by Crippen LogP contribution is 2.55. The zero-order valence-electron chi connectivity index (χ0n) is 19.5. The van der Waals surface area contributed by atoms with Crippen LogP contribution < -0.4 is 4.74 Å². The van der Waals surface area contributed by atoms with Crippen molar-refractivity contribution in [3.63, 3.8) is 0 Å². The van der Waals surface area contributed by atoms with Gasteiger partial charge in [0.1, 0.15) is 11.4 Å². The van der Waals surface area contributed by atoms with Crippen molar-refractivity contribution in [1.29, 1.82) is 0 Å². The van der Waals surface area contributed by atoms with Gasteiger partial charge in [0, 0.05) is 23.0 Å². The van der Waals surface area contributed by atoms with E-state index < -0.39 is 11.6 Å². The highest BCUT2D eigenvalue weighted by molar-refractivity contribution is 5.90. The molecule has 1 saturated heterocycles. The van der Waals surface area contributed by atoms with Crippen LogP contribution in [0.2, 0.25) is 0 Å². The lowest BCUT2D eigenvalue weighted by molar-refractivity contribution is -0.153. The Kier molecular flexibility index (Phi) is 5.29. The maximum absolute atomic E-state index is 11.6. The molecule has 4 heteroatoms. The van der Waals surface area contributed by atoms with Gasteiger partial charge in [0.25, 0.3) is 0 Å². The first-order valence-electron chi connectivity index (χ1n) is 11.6. The Labute approximate surface area is 195 Å². The van der Waals surface area contributed by atoms with E-state index in [2.05, 4.69) is 64.1 Å². The number of carboxylic acid groups (broad SMARTS) is 1. The van der Waals surface area contributed by atoms with Gasteiger partial charge >= 0.3 is 5.97 Å². The van der Waals surface area contributed by atoms with E-state index in [1.54, 1.807) is 18.2 Å². The van der Waals surface area contributed by atoms with E-state index in [0.717, 1.165) is 34.4 Å². The summed E-state index contributed by atoms with van der Waals surface area (Å²) >= 11 is 0. The van der Waals surface area contributed by atoms with Gasteiger partial charge in [-0.2, -0.15) is 0 Å². The molecule has 4 nitrogen and oxygen atoms in total. The number of aryl methyl sites for hydroxylation is 1. The van der Waals surface area contributed by atoms with Crippen molar-refractivity contribution in [2.75, 3.05) is 0 Å². The monoisotopic (exact) mass is 442 g/mol. The number of benzene rings is 3. The molecule has 0 amide bonds. The van der Waals surface area contributed by atoms with Crippen LogP contribution in [0.4, 0.5) is 0 Å². The molecule has 0 radical (unpaired) electrons. The van der Waals surface area contributed by atoms with E-state index in [-0.39, 0.29) is 23.7 Å². The summed E-state index contributed by atoms with van der Waals surface area (Å²) in [5.74, 6) is 0.385. The normalized spacial score (nSPS) is 25.5. The molecule has 1 N–H and O–H groups in total. The van der Waals surface area contributed by atoms with Crippen LogP contribution in [0.1, 0.15) is 66.3 Å². The number of fused-ring (bicyclic) bond motifs is 3. The van der Waals surface area contributed by atoms with Crippen molar-refractivity contribution < 1.29 is 19.4 Å². The Morgan fingerprint density at radius 3 is 2.52 bits per heavy atom. The number of aromatic carboxylic acids is 1. The molecule has 4 atom stereocenters. The van der Waals surface area contributed by atoms with Crippen LogP contribution in [-0.4, -0.2) is 22.8 Å². The van der Waals surface area contributed by atoms with Crippen LogP contribution in [-0.2, 0) is 4.74 Å². The molecule has 0 saturated carbocycles. The number of carboxylic acids is 1. The number of ether oxygens (including phenoxy) is 2. The summed E-state index contributed by atoms with van der Waals surface area (Å²) in [6.45, 7) is 8.53. The molecule has 33 heavy (non-hydrogen) atoms. The van der Waals surface area contributed by atoms with Crippen molar-refractivity contribution in [3.8, 4) is 16.9 Å². The molecule has 1 fully saturated rings. The molecule has 5 rings (SSSR count). The second kappa shape index (κ2) is 8.03. The Morgan fingerprint density at radius 2 is 1.79 bits per heavy atom. The second-order valence-corrected chi connectivity index (χ2v) is 9.94. The van der Waals surface area contributed by atoms with E-state index >= 15 is 0 Å². The van der Waals surface area contributed by atoms with Gasteiger partial charge in [-0.15, -0.1) is 0 Å². The molecule has 3 aromatic rings. The lowest BCUT2D eigenvalue weighted by Gasteiger charge is -2.51. The summed E-state index contributed by atoms with van der Waals surface area (Å²) in [4.78, 5) is 11.6. The SMILES string of the molecule is Cc1cc(-c2cccc(C(=O)O)c2)c2c(c1)C1O[C@@H](C)[C@H](c3ccccc3)C[C@@H]1C(C)(C)O2. The number of carbonyl (C=O) groups is 1. The molecule has 1 unspecified atom stereocenters. The Balaban J connectivity index is 1.60. The van der Waals surface area contributed by atoms with Gasteiger partial charge in [-0.05, 0) is 75.1 Å². The largest absolute Gasteiger partial charge is 0.486 e. The third kappa shape index (κ3) is 3.83. The van der Waals surface area contributed by atoms with Crippen molar-refractivity contribution >= 4 is 5.97 Å². The van der Waals surface area contributed by atoms with E-state index in [9.17, 15) is 9.90 Å². The van der Waals surface area contributed by atoms with Crippen molar-refractivity contribution in [2.24, 2.45) is 5.92 Å². The average molecular weight is 443 g/mol. The zero-order valence-corrected chi connectivity index (χ0v) is 19.5. The first-order chi connectivity index (χ1) is 15.7. The molecule has 2 aliphatic heterocycles. The van der Waals surface area contributed by atoms with Crippen LogP contribution in [0.3, 0.4) is 0 Å². The quantitative estimate of drug-likeness (QED) is 0.486. The highest BCUT2D eigenvalue weighted by Gasteiger charge is 2.50. The predicted octanol–water partition coefficient (Wildman–Crippen LogP) is 6.78. The van der Waals surface area contributed by atoms with E-state index in [1.165, 1.54) is 5.56 Å². The predicted molar refractivity (Wildman–Crippen MR) is 129 cm³/mol. The molecular weight excluding hydrogens is 412 g/mol. The van der Waals surface area contributed by atoms with Crippen LogP contribution in [0, 0.1) is 12.8 Å². The molecule has 2 aliphatic rings. The fraction of sp³-hybridized carbons (Fsp3) is 0.345. The minimum atomic E-state index is -0.934. The molecule has 0 aliphatic carbocycles. The second-order valence-electron chi connectivity index (χ2n) is 9.94. The fourth-order valence-electron chi connectivity index (χ4n) is 5.55. The lowest BCUT2D eigenvalue weighted by Crippen LogP contribution is -2.50. The van der Waals surface area contributed by atoms with Gasteiger partial charge in [0.05, 0.1) is 17.8 Å². The maximum atomic E-state index is 11.6. The first-order valence-corrected chi connectivity index (χ1v) is 11.6. The summed E-state index contributed by atoms with van der Waals surface area (Å²) in [6.07, 6.45) is 0.995. The maximum Gasteiger partial charge on any atom is 0.335 e. The van der Waals surface area contributed by atoms with Gasteiger partial charge < -0.3 is 14.6 Å². The summed E-state index contributed by atoms with van der Waals surface area (Å²) in [5.41, 5.74) is 5.07. The van der Waals surface area contributed by atoms with Crippen LogP contribution in [0.5, 0.6) is 5.75 Å². The van der Waals surface area contributed by atoms with Gasteiger partial charge in [-0.25, -0.2) is 4.79 Å². The summed E-state index contributed by atoms with van der Waals surface area (Å²) < 4.78 is 13.5. The third-order valence-corrected chi connectivity index (χ3v) is 7.28. The van der Waals surface area contributed by atoms with Gasteiger partial charge in [0.2, 0.25) is 0 Å². The Morgan fingerprint density at radius 1 is 1.03 bits per heavy atom. The molecule has 3 aromatic carbocycles. The van der Waals surface area contributed by atoms with Crippen molar-refractivity contribution in [1.82, 2.24) is 0 Å². The topological polar surface area (TPSA) is 55.8 Å². The van der Waals surface area contributed by atoms with Gasteiger partial charge in [-0.1, -0.05) is 42.5 Å². The summed E-state index contributed by atoms with van der Waals surface area (Å²) in [5, 5.41) is 9.48. The van der Waals surface area contributed by atoms with E-state index in [4.69, 9.17) is 9.47 Å². The van der Waals surface area contributed by atoms with E-state index in [1.807, 2.05) is 12.1 Å². The molecule has 2 heterocycles. The molecule has 0 aromatic heterocycles. The summed E-state index contributed by atoms with van der Waals surface area (Å²) in [6, 6.07) is 21.9. The van der Waals surface area contributed by atoms with Crippen LogP contribution >= 0.6 is 0 Å². The fourth-order valence-corrected chi connectivity index (χ4v) is 5.55. The molecular formula is C29H30O4. The highest BCUT2D eigenvalue weighted by atomic mass is 16.5. The van der Waals surface area contributed by atoms with Gasteiger partial charge in [0.15, 0.2) is 0 Å². The molecule has 0 bridgehead atoms. The molecule has 170 valence electrons. The van der Waals surface area contributed by atoms with Gasteiger partial charge in [-0.3, -0.25) is 0 Å². The van der Waals surface area contributed by atoms with Crippen LogP contribution in [0.25, 0.3) is 11.1 Å². The Bertz CT molecular complexity index is 1200. The smallest absolute Gasteiger partial charge is 0.335 e. The number of hydrogen-bond acceptors (Lipinski definition) is 3. The lowest BCUT2D eigenvalue weighted by atomic mass is 9.70. The number of hydrogen-bond donors (Lipinski definition) is 1. The third-order valence-electron chi connectivity index (χ3n) is 7.28. The van der Waals surface area contributed by atoms with Crippen molar-refractivity contribution in [3.05, 3.63) is 89.0 Å². The van der Waals surface area contributed by atoms with Crippen LogP contribution in [0.15, 0.2) is 66.7 Å².